The highest BCUT2D eigenvalue weighted by Gasteiger charge is 2.14. The molecule has 4 aromatic rings. The third-order valence-corrected chi connectivity index (χ3v) is 4.21. The molecule has 2 heterocycles. The van der Waals surface area contributed by atoms with Crippen LogP contribution in [-0.4, -0.2) is 19.6 Å². The standard InChI is InChI=1S/C19H18N6/c1-19(2,3)13-5-7-14(8-6-13)21-17-23-18-22-15-10-12(11-20)4-9-16(15)25(18)24-17/h4-10H,1-3H3,(H2,21,22,23,24). The number of H-pyrrole nitrogens is 1. The van der Waals surface area contributed by atoms with E-state index < -0.39 is 0 Å². The topological polar surface area (TPSA) is 81.8 Å². The molecule has 0 bridgehead atoms. The van der Waals surface area contributed by atoms with E-state index in [1.165, 1.54) is 5.56 Å². The summed E-state index contributed by atoms with van der Waals surface area (Å²) in [7, 11) is 0. The molecule has 124 valence electrons. The molecule has 0 saturated carbocycles. The highest BCUT2D eigenvalue weighted by atomic mass is 15.4. The Morgan fingerprint density at radius 2 is 1.84 bits per heavy atom. The molecule has 4 rings (SSSR count). The van der Waals surface area contributed by atoms with Crippen molar-refractivity contribution in [3.8, 4) is 6.07 Å². The molecule has 0 atom stereocenters. The number of hydrogen-bond acceptors (Lipinski definition) is 4. The van der Waals surface area contributed by atoms with Crippen molar-refractivity contribution in [2.24, 2.45) is 0 Å². The maximum absolute atomic E-state index is 8.98. The van der Waals surface area contributed by atoms with Gasteiger partial charge in [-0.05, 0) is 41.3 Å². The highest BCUT2D eigenvalue weighted by Crippen LogP contribution is 2.25. The van der Waals surface area contributed by atoms with Crippen LogP contribution in [0.5, 0.6) is 0 Å². The number of fused-ring (bicyclic) bond motifs is 3. The zero-order valence-corrected chi connectivity index (χ0v) is 14.3. The summed E-state index contributed by atoms with van der Waals surface area (Å²) in [4.78, 5) is 8.94. The largest absolute Gasteiger partial charge is 0.325 e. The van der Waals surface area contributed by atoms with Crippen LogP contribution in [0.4, 0.5) is 11.6 Å². The fraction of sp³-hybridized carbons (Fsp3) is 0.211. The van der Waals surface area contributed by atoms with Gasteiger partial charge in [-0.2, -0.15) is 10.2 Å². The molecule has 2 aromatic carbocycles. The molecule has 6 nitrogen and oxygen atoms in total. The fourth-order valence-electron chi connectivity index (χ4n) is 2.80. The maximum Gasteiger partial charge on any atom is 0.253 e. The van der Waals surface area contributed by atoms with Crippen molar-refractivity contribution in [1.82, 2.24) is 19.6 Å². The number of aromatic nitrogens is 4. The van der Waals surface area contributed by atoms with Crippen LogP contribution < -0.4 is 5.32 Å². The molecule has 0 fully saturated rings. The first kappa shape index (κ1) is 15.2. The number of anilines is 2. The van der Waals surface area contributed by atoms with E-state index >= 15 is 0 Å². The van der Waals surface area contributed by atoms with Crippen LogP contribution in [0.2, 0.25) is 0 Å². The Kier molecular flexibility index (Phi) is 3.25. The molecule has 0 amide bonds. The third kappa shape index (κ3) is 2.70. The molecule has 0 aliphatic heterocycles. The Hall–Kier alpha value is -3.33. The van der Waals surface area contributed by atoms with Gasteiger partial charge in [0.2, 0.25) is 5.95 Å². The molecule has 6 heteroatoms. The van der Waals surface area contributed by atoms with Crippen LogP contribution in [-0.2, 0) is 5.41 Å². The smallest absolute Gasteiger partial charge is 0.253 e. The normalized spacial score (nSPS) is 11.8. The Bertz CT molecular complexity index is 1100. The molecule has 2 aromatic heterocycles. The summed E-state index contributed by atoms with van der Waals surface area (Å²) in [5.74, 6) is 1.19. The lowest BCUT2D eigenvalue weighted by atomic mass is 9.87. The zero-order chi connectivity index (χ0) is 17.6. The second-order valence-corrected chi connectivity index (χ2v) is 7.09. The summed E-state index contributed by atoms with van der Waals surface area (Å²) in [6.07, 6.45) is 0. The van der Waals surface area contributed by atoms with Crippen molar-refractivity contribution in [3.05, 3.63) is 53.6 Å². The number of nitrogens with zero attached hydrogens (tertiary/aromatic N) is 4. The Morgan fingerprint density at radius 1 is 1.08 bits per heavy atom. The number of rotatable bonds is 2. The van der Waals surface area contributed by atoms with Crippen LogP contribution in [0.3, 0.4) is 0 Å². The first-order valence-electron chi connectivity index (χ1n) is 8.10. The molecule has 0 aliphatic carbocycles. The minimum absolute atomic E-state index is 0.130. The van der Waals surface area contributed by atoms with Crippen LogP contribution in [0, 0.1) is 11.3 Å². The van der Waals surface area contributed by atoms with Crippen LogP contribution in [0.1, 0.15) is 31.9 Å². The Labute approximate surface area is 145 Å². The van der Waals surface area contributed by atoms with Crippen LogP contribution >= 0.6 is 0 Å². The van der Waals surface area contributed by atoms with Gasteiger partial charge < -0.3 is 5.32 Å². The monoisotopic (exact) mass is 330 g/mol. The van der Waals surface area contributed by atoms with Gasteiger partial charge in [0, 0.05) is 5.69 Å². The number of aromatic amines is 1. The van der Waals surface area contributed by atoms with Crippen molar-refractivity contribution < 1.29 is 0 Å². The molecular weight excluding hydrogens is 312 g/mol. The molecular formula is C19H18N6. The van der Waals surface area contributed by atoms with Crippen molar-refractivity contribution >= 4 is 28.4 Å². The number of nitriles is 1. The fourth-order valence-corrected chi connectivity index (χ4v) is 2.80. The maximum atomic E-state index is 8.98. The SMILES string of the molecule is CC(C)(C)c1ccc(Nc2nc3nc4cc(C#N)ccc4n3[nH]2)cc1. The van der Waals surface area contributed by atoms with Gasteiger partial charge in [-0.3, -0.25) is 5.10 Å². The summed E-state index contributed by atoms with van der Waals surface area (Å²) < 4.78 is 1.81. The molecule has 2 N–H and O–H groups in total. The predicted octanol–water partition coefficient (Wildman–Crippen LogP) is 4.12. The molecule has 0 saturated heterocycles. The average molecular weight is 330 g/mol. The van der Waals surface area contributed by atoms with E-state index in [4.69, 9.17) is 5.26 Å². The second kappa shape index (κ2) is 5.35. The third-order valence-electron chi connectivity index (χ3n) is 4.21. The molecule has 0 unspecified atom stereocenters. The number of nitrogens with one attached hydrogen (secondary N) is 2. The number of imidazole rings is 1. The van der Waals surface area contributed by atoms with Crippen LogP contribution in [0.25, 0.3) is 16.8 Å². The summed E-state index contributed by atoms with van der Waals surface area (Å²) in [5, 5.41) is 15.4. The van der Waals surface area contributed by atoms with E-state index in [1.54, 1.807) is 12.1 Å². The molecule has 25 heavy (non-hydrogen) atoms. The average Bonchev–Trinajstić information content (AvgIpc) is 3.10. The van der Waals surface area contributed by atoms with Gasteiger partial charge in [0.05, 0.1) is 22.7 Å². The number of benzene rings is 2. The Balaban J connectivity index is 1.65. The minimum atomic E-state index is 0.130. The first-order chi connectivity index (χ1) is 11.9. The molecule has 0 aliphatic rings. The van der Waals surface area contributed by atoms with Crippen molar-refractivity contribution in [2.75, 3.05) is 5.32 Å². The first-order valence-corrected chi connectivity index (χ1v) is 8.10. The summed E-state index contributed by atoms with van der Waals surface area (Å²) >= 11 is 0. The Morgan fingerprint density at radius 3 is 2.52 bits per heavy atom. The van der Waals surface area contributed by atoms with E-state index in [9.17, 15) is 0 Å². The summed E-state index contributed by atoms with van der Waals surface area (Å²) in [5.41, 5.74) is 4.60. The molecule has 0 spiro atoms. The van der Waals surface area contributed by atoms with E-state index in [0.29, 0.717) is 17.3 Å². The highest BCUT2D eigenvalue weighted by molar-refractivity contribution is 5.81. The lowest BCUT2D eigenvalue weighted by Gasteiger charge is -2.19. The summed E-state index contributed by atoms with van der Waals surface area (Å²) in [6.45, 7) is 6.58. The van der Waals surface area contributed by atoms with Gasteiger partial charge in [0.25, 0.3) is 5.78 Å². The minimum Gasteiger partial charge on any atom is -0.325 e. The second-order valence-electron chi connectivity index (χ2n) is 7.09. The zero-order valence-electron chi connectivity index (χ0n) is 14.3. The number of hydrogen-bond donors (Lipinski definition) is 2. The van der Waals surface area contributed by atoms with E-state index in [0.717, 1.165) is 16.7 Å². The lowest BCUT2D eigenvalue weighted by molar-refractivity contribution is 0.590. The lowest BCUT2D eigenvalue weighted by Crippen LogP contribution is -2.10. The van der Waals surface area contributed by atoms with E-state index in [2.05, 4.69) is 59.4 Å². The van der Waals surface area contributed by atoms with Crippen molar-refractivity contribution in [3.63, 3.8) is 0 Å². The van der Waals surface area contributed by atoms with Crippen molar-refractivity contribution in [2.45, 2.75) is 26.2 Å². The molecule has 0 radical (unpaired) electrons. The van der Waals surface area contributed by atoms with Gasteiger partial charge >= 0.3 is 0 Å². The van der Waals surface area contributed by atoms with E-state index in [1.807, 2.05) is 22.7 Å². The van der Waals surface area contributed by atoms with Gasteiger partial charge in [-0.15, -0.1) is 0 Å². The van der Waals surface area contributed by atoms with Gasteiger partial charge in [-0.25, -0.2) is 9.50 Å². The van der Waals surface area contributed by atoms with Gasteiger partial charge in [0.1, 0.15) is 0 Å². The van der Waals surface area contributed by atoms with Crippen molar-refractivity contribution in [1.29, 1.82) is 5.26 Å². The predicted molar refractivity (Wildman–Crippen MR) is 98.0 cm³/mol. The van der Waals surface area contributed by atoms with E-state index in [-0.39, 0.29) is 5.41 Å². The quantitative estimate of drug-likeness (QED) is 0.579. The van der Waals surface area contributed by atoms with Gasteiger partial charge in [-0.1, -0.05) is 32.9 Å². The summed E-state index contributed by atoms with van der Waals surface area (Å²) in [6, 6.07) is 15.9. The van der Waals surface area contributed by atoms with Crippen LogP contribution in [0.15, 0.2) is 42.5 Å². The van der Waals surface area contributed by atoms with Gasteiger partial charge in [0.15, 0.2) is 0 Å².